The molecule has 1 aromatic rings. The molecule has 0 saturated carbocycles. The second kappa shape index (κ2) is 17.0. The van der Waals surface area contributed by atoms with Crippen LogP contribution in [-0.2, 0) is 35.2 Å². The molecule has 14 N–H and O–H groups in total. The molecule has 40 heavy (non-hydrogen) atoms. The second-order valence-electron chi connectivity index (χ2n) is 8.80. The van der Waals surface area contributed by atoms with E-state index in [1.807, 2.05) is 0 Å². The van der Waals surface area contributed by atoms with Crippen LogP contribution in [0.1, 0.15) is 44.2 Å². The summed E-state index contributed by atoms with van der Waals surface area (Å²) in [7, 11) is 0. The van der Waals surface area contributed by atoms with Gasteiger partial charge < -0.3 is 54.1 Å². The minimum atomic E-state index is -1.53. The zero-order chi connectivity index (χ0) is 30.2. The van der Waals surface area contributed by atoms with Gasteiger partial charge in [0.1, 0.15) is 18.1 Å². The van der Waals surface area contributed by atoms with Crippen LogP contribution in [0, 0.1) is 0 Å². The molecule has 0 aliphatic rings. The number of imidazole rings is 1. The molecule has 0 aliphatic carbocycles. The Morgan fingerprint density at radius 3 is 2.02 bits per heavy atom. The lowest BCUT2D eigenvalue weighted by molar-refractivity contribution is -0.143. The number of nitrogens with zero attached hydrogens (tertiary/aromatic N) is 2. The molecular formula is C22H36N10O8. The van der Waals surface area contributed by atoms with Gasteiger partial charge in [-0.25, -0.2) is 9.78 Å². The molecule has 18 heteroatoms. The van der Waals surface area contributed by atoms with Gasteiger partial charge in [0.2, 0.25) is 23.6 Å². The van der Waals surface area contributed by atoms with E-state index < -0.39 is 72.6 Å². The first-order chi connectivity index (χ1) is 18.8. The van der Waals surface area contributed by atoms with Crippen molar-refractivity contribution in [2.45, 2.75) is 69.1 Å². The van der Waals surface area contributed by atoms with Gasteiger partial charge in [0.05, 0.1) is 12.4 Å². The number of H-pyrrole nitrogens is 1. The van der Waals surface area contributed by atoms with Gasteiger partial charge in [-0.3, -0.25) is 29.0 Å². The number of carboxylic acid groups (broad SMARTS) is 2. The number of aliphatic carboxylic acids is 2. The molecule has 4 unspecified atom stereocenters. The number of amides is 4. The number of guanidine groups is 1. The molecule has 222 valence electrons. The Kier molecular flexibility index (Phi) is 14.1. The Labute approximate surface area is 228 Å². The summed E-state index contributed by atoms with van der Waals surface area (Å²) in [4.78, 5) is 82.9. The summed E-state index contributed by atoms with van der Waals surface area (Å²) < 4.78 is 0. The van der Waals surface area contributed by atoms with Crippen molar-refractivity contribution in [1.29, 1.82) is 0 Å². The summed E-state index contributed by atoms with van der Waals surface area (Å²) >= 11 is 0. The highest BCUT2D eigenvalue weighted by Crippen LogP contribution is 2.06. The molecule has 1 rings (SSSR count). The van der Waals surface area contributed by atoms with Crippen molar-refractivity contribution in [3.05, 3.63) is 18.2 Å². The maximum absolute atomic E-state index is 13.2. The van der Waals surface area contributed by atoms with Gasteiger partial charge in [-0.05, 0) is 25.7 Å². The van der Waals surface area contributed by atoms with Crippen LogP contribution in [0.5, 0.6) is 0 Å². The number of primary amides is 1. The number of nitrogens with one attached hydrogen (secondary N) is 4. The van der Waals surface area contributed by atoms with Gasteiger partial charge in [0, 0.05) is 37.7 Å². The molecule has 1 heterocycles. The molecule has 4 atom stereocenters. The molecular weight excluding hydrogens is 532 g/mol. The fourth-order valence-electron chi connectivity index (χ4n) is 3.38. The van der Waals surface area contributed by atoms with E-state index in [2.05, 4.69) is 30.9 Å². The summed E-state index contributed by atoms with van der Waals surface area (Å²) in [6.45, 7) is 0.235. The van der Waals surface area contributed by atoms with E-state index in [9.17, 15) is 33.9 Å². The zero-order valence-corrected chi connectivity index (χ0v) is 21.7. The van der Waals surface area contributed by atoms with E-state index >= 15 is 0 Å². The van der Waals surface area contributed by atoms with Crippen molar-refractivity contribution in [1.82, 2.24) is 25.9 Å². The van der Waals surface area contributed by atoms with E-state index in [0.717, 1.165) is 0 Å². The topological polar surface area (TPSA) is 324 Å². The average Bonchev–Trinajstić information content (AvgIpc) is 3.38. The van der Waals surface area contributed by atoms with E-state index in [0.29, 0.717) is 12.1 Å². The van der Waals surface area contributed by atoms with Crippen LogP contribution < -0.4 is 38.9 Å². The standard InChI is InChI=1S/C22H36N10O8/c23-12(2-1-7-28-22(25)26)18(36)32-15(8-11-9-27-10-29-11)20(38)30-13(4-6-17(34)35)19(37)31-14(21(39)40)3-5-16(24)33/h9-10,12-15H,1-8,23H2,(H2,24,33)(H,27,29)(H,30,38)(H,31,37)(H,32,36)(H,34,35)(H,39,40)(H4,25,26,28). The molecule has 4 amide bonds. The summed E-state index contributed by atoms with van der Waals surface area (Å²) in [6.07, 6.45) is 1.62. The number of rotatable bonds is 19. The van der Waals surface area contributed by atoms with Crippen LogP contribution in [0.25, 0.3) is 0 Å². The Morgan fingerprint density at radius 2 is 1.48 bits per heavy atom. The number of aromatic nitrogens is 2. The third-order valence-corrected chi connectivity index (χ3v) is 5.49. The highest BCUT2D eigenvalue weighted by atomic mass is 16.4. The second-order valence-corrected chi connectivity index (χ2v) is 8.80. The SMILES string of the molecule is NC(=O)CCC(NC(=O)C(CCC(=O)O)NC(=O)C(Cc1cnc[nH]1)NC(=O)C(N)CCCN=C(N)N)C(=O)O. The molecule has 0 radical (unpaired) electrons. The predicted molar refractivity (Wildman–Crippen MR) is 139 cm³/mol. The van der Waals surface area contributed by atoms with Gasteiger partial charge in [0.25, 0.3) is 0 Å². The quantitative estimate of drug-likeness (QED) is 0.0433. The van der Waals surface area contributed by atoms with Crippen molar-refractivity contribution < 1.29 is 39.0 Å². The highest BCUT2D eigenvalue weighted by Gasteiger charge is 2.31. The smallest absolute Gasteiger partial charge is 0.326 e. The van der Waals surface area contributed by atoms with Crippen LogP contribution in [0.4, 0.5) is 0 Å². The van der Waals surface area contributed by atoms with E-state index in [-0.39, 0.29) is 38.2 Å². The fraction of sp³-hybridized carbons (Fsp3) is 0.545. The van der Waals surface area contributed by atoms with Gasteiger partial charge in [-0.1, -0.05) is 0 Å². The number of aromatic amines is 1. The molecule has 0 aliphatic heterocycles. The number of nitrogens with two attached hydrogens (primary N) is 4. The average molecular weight is 569 g/mol. The molecule has 1 aromatic heterocycles. The van der Waals surface area contributed by atoms with Crippen molar-refractivity contribution in [3.63, 3.8) is 0 Å². The summed E-state index contributed by atoms with van der Waals surface area (Å²) in [5.41, 5.74) is 21.9. The largest absolute Gasteiger partial charge is 0.481 e. The number of carboxylic acids is 2. The molecule has 0 saturated heterocycles. The number of carbonyl (C=O) groups is 6. The van der Waals surface area contributed by atoms with Crippen LogP contribution in [0.3, 0.4) is 0 Å². The van der Waals surface area contributed by atoms with Crippen molar-refractivity contribution in [3.8, 4) is 0 Å². The first-order valence-corrected chi connectivity index (χ1v) is 12.2. The maximum Gasteiger partial charge on any atom is 0.326 e. The molecule has 0 fully saturated rings. The van der Waals surface area contributed by atoms with Gasteiger partial charge in [-0.2, -0.15) is 0 Å². The number of hydrogen-bond donors (Lipinski definition) is 10. The lowest BCUT2D eigenvalue weighted by Gasteiger charge is -2.25. The lowest BCUT2D eigenvalue weighted by atomic mass is 10.1. The summed E-state index contributed by atoms with van der Waals surface area (Å²) in [5.74, 6) is -6.20. The normalized spacial score (nSPS) is 13.6. The molecule has 18 nitrogen and oxygen atoms in total. The Morgan fingerprint density at radius 1 is 0.875 bits per heavy atom. The number of aliphatic imine (C=N–C) groups is 1. The van der Waals surface area contributed by atoms with Crippen LogP contribution in [0.15, 0.2) is 17.5 Å². The minimum Gasteiger partial charge on any atom is -0.481 e. The number of carbonyl (C=O) groups excluding carboxylic acids is 4. The van der Waals surface area contributed by atoms with E-state index in [1.165, 1.54) is 12.5 Å². The van der Waals surface area contributed by atoms with Gasteiger partial charge in [-0.15, -0.1) is 0 Å². The fourth-order valence-corrected chi connectivity index (χ4v) is 3.38. The van der Waals surface area contributed by atoms with Crippen LogP contribution in [0.2, 0.25) is 0 Å². The van der Waals surface area contributed by atoms with Crippen LogP contribution in [-0.4, -0.2) is 92.4 Å². The van der Waals surface area contributed by atoms with Crippen LogP contribution >= 0.6 is 0 Å². The maximum atomic E-state index is 13.2. The van der Waals surface area contributed by atoms with Crippen molar-refractivity contribution in [2.24, 2.45) is 27.9 Å². The first kappa shape index (κ1) is 33.3. The highest BCUT2D eigenvalue weighted by molar-refractivity contribution is 5.94. The zero-order valence-electron chi connectivity index (χ0n) is 21.7. The first-order valence-electron chi connectivity index (χ1n) is 12.2. The Balaban J connectivity index is 3.03. The monoisotopic (exact) mass is 568 g/mol. The number of hydrogen-bond acceptors (Lipinski definition) is 9. The lowest BCUT2D eigenvalue weighted by Crippen LogP contribution is -2.57. The molecule has 0 spiro atoms. The minimum absolute atomic E-state index is 0.0953. The summed E-state index contributed by atoms with van der Waals surface area (Å²) in [6, 6.07) is -5.32. The van der Waals surface area contributed by atoms with Gasteiger partial charge >= 0.3 is 11.9 Å². The Hall–Kier alpha value is -4.74. The van der Waals surface area contributed by atoms with E-state index in [1.54, 1.807) is 0 Å². The van der Waals surface area contributed by atoms with Crippen molar-refractivity contribution in [2.75, 3.05) is 6.54 Å². The predicted octanol–water partition coefficient (Wildman–Crippen LogP) is -4.00. The third kappa shape index (κ3) is 13.2. The summed E-state index contributed by atoms with van der Waals surface area (Å²) in [5, 5.41) is 25.5. The van der Waals surface area contributed by atoms with Gasteiger partial charge in [0.15, 0.2) is 5.96 Å². The third-order valence-electron chi connectivity index (χ3n) is 5.49. The van der Waals surface area contributed by atoms with Crippen molar-refractivity contribution >= 4 is 41.5 Å². The van der Waals surface area contributed by atoms with E-state index in [4.69, 9.17) is 28.0 Å². The molecule has 0 aromatic carbocycles. The Bertz CT molecular complexity index is 1060. The molecule has 0 bridgehead atoms.